The van der Waals surface area contributed by atoms with Crippen molar-refractivity contribution in [3.8, 4) is 0 Å². The van der Waals surface area contributed by atoms with E-state index in [4.69, 9.17) is 0 Å². The zero-order valence-electron chi connectivity index (χ0n) is 9.30. The predicted octanol–water partition coefficient (Wildman–Crippen LogP) is 0.424. The molecule has 82 valence electrons. The first kappa shape index (κ1) is 13.1. The second-order valence-electron chi connectivity index (χ2n) is 3.41. The number of carbonyl (C=O) groups excluding carboxylic acids is 2. The van der Waals surface area contributed by atoms with E-state index >= 15 is 0 Å². The Morgan fingerprint density at radius 2 is 1.86 bits per heavy atom. The van der Waals surface area contributed by atoms with Crippen molar-refractivity contribution in [1.29, 1.82) is 0 Å². The van der Waals surface area contributed by atoms with Gasteiger partial charge in [-0.3, -0.25) is 14.5 Å². The fourth-order valence-corrected chi connectivity index (χ4v) is 1.21. The van der Waals surface area contributed by atoms with Crippen molar-refractivity contribution in [2.75, 3.05) is 26.7 Å². The number of Topliss-reactive ketones (excluding diaryl/α,β-unsaturated/α-hetero) is 1. The molecule has 0 saturated heterocycles. The lowest BCUT2D eigenvalue weighted by Gasteiger charge is -2.14. The van der Waals surface area contributed by atoms with Gasteiger partial charge in [-0.15, -0.1) is 0 Å². The summed E-state index contributed by atoms with van der Waals surface area (Å²) in [6.07, 6.45) is 1.47. The third-order valence-electron chi connectivity index (χ3n) is 1.76. The molecule has 0 unspecified atom stereocenters. The Hall–Kier alpha value is -0.900. The van der Waals surface area contributed by atoms with Crippen molar-refractivity contribution in [2.45, 2.75) is 26.7 Å². The Morgan fingerprint density at radius 1 is 1.21 bits per heavy atom. The molecule has 0 bridgehead atoms. The van der Waals surface area contributed by atoms with Crippen molar-refractivity contribution < 1.29 is 9.59 Å². The van der Waals surface area contributed by atoms with Crippen LogP contribution in [-0.2, 0) is 9.59 Å². The van der Waals surface area contributed by atoms with Gasteiger partial charge >= 0.3 is 0 Å². The molecule has 0 aliphatic carbocycles. The van der Waals surface area contributed by atoms with Gasteiger partial charge in [-0.05, 0) is 20.4 Å². The smallest absolute Gasteiger partial charge is 0.234 e. The van der Waals surface area contributed by atoms with Crippen LogP contribution in [0.3, 0.4) is 0 Å². The molecular weight excluding hydrogens is 180 g/mol. The Bertz CT molecular complexity index is 173. The lowest BCUT2D eigenvalue weighted by molar-refractivity contribution is -0.123. The van der Waals surface area contributed by atoms with Crippen LogP contribution in [0.25, 0.3) is 0 Å². The van der Waals surface area contributed by atoms with Gasteiger partial charge in [0.25, 0.3) is 0 Å². The molecule has 0 rings (SSSR count). The maximum Gasteiger partial charge on any atom is 0.234 e. The number of amides is 1. The summed E-state index contributed by atoms with van der Waals surface area (Å²) in [7, 11) is 1.78. The van der Waals surface area contributed by atoms with Crippen LogP contribution < -0.4 is 5.32 Å². The molecule has 0 atom stereocenters. The first-order valence-corrected chi connectivity index (χ1v) is 5.07. The maximum atomic E-state index is 11.2. The predicted molar refractivity (Wildman–Crippen MR) is 56.1 cm³/mol. The van der Waals surface area contributed by atoms with Gasteiger partial charge in [-0.2, -0.15) is 0 Å². The van der Waals surface area contributed by atoms with Crippen LogP contribution in [0, 0.1) is 0 Å². The molecule has 0 aromatic heterocycles. The number of ketones is 1. The van der Waals surface area contributed by atoms with E-state index in [1.165, 1.54) is 0 Å². The number of hydrogen-bond donors (Lipinski definition) is 1. The summed E-state index contributed by atoms with van der Waals surface area (Å²) in [5.74, 6) is 0.165. The van der Waals surface area contributed by atoms with Crippen molar-refractivity contribution in [3.05, 3.63) is 0 Å². The summed E-state index contributed by atoms with van der Waals surface area (Å²) in [6.45, 7) is 5.14. The highest BCUT2D eigenvalue weighted by Gasteiger charge is 2.08. The second-order valence-corrected chi connectivity index (χ2v) is 3.41. The number of likely N-dealkylation sites (N-methyl/N-ethyl adjacent to an activating group) is 2. The van der Waals surface area contributed by atoms with Crippen molar-refractivity contribution in [2.24, 2.45) is 0 Å². The molecule has 0 aromatic carbocycles. The number of nitrogens with zero attached hydrogens (tertiary/aromatic N) is 1. The number of hydrogen-bond acceptors (Lipinski definition) is 3. The fourth-order valence-electron chi connectivity index (χ4n) is 1.21. The van der Waals surface area contributed by atoms with Gasteiger partial charge < -0.3 is 5.32 Å². The molecule has 4 nitrogen and oxygen atoms in total. The third kappa shape index (κ3) is 6.60. The first-order valence-electron chi connectivity index (χ1n) is 5.07. The average molecular weight is 200 g/mol. The number of rotatable bonds is 7. The van der Waals surface area contributed by atoms with E-state index in [-0.39, 0.29) is 11.7 Å². The summed E-state index contributed by atoms with van der Waals surface area (Å²) in [5.41, 5.74) is 0. The lowest BCUT2D eigenvalue weighted by atomic mass is 10.2. The summed E-state index contributed by atoms with van der Waals surface area (Å²) < 4.78 is 0. The Kier molecular flexibility index (Phi) is 7.02. The molecule has 4 heteroatoms. The highest BCUT2D eigenvalue weighted by atomic mass is 16.2. The van der Waals surface area contributed by atoms with E-state index in [2.05, 4.69) is 5.32 Å². The molecule has 14 heavy (non-hydrogen) atoms. The fraction of sp³-hybridized carbons (Fsp3) is 0.800. The topological polar surface area (TPSA) is 49.4 Å². The van der Waals surface area contributed by atoms with E-state index in [0.29, 0.717) is 26.1 Å². The van der Waals surface area contributed by atoms with Gasteiger partial charge in [0.05, 0.1) is 13.1 Å². The molecule has 0 aliphatic heterocycles. The van der Waals surface area contributed by atoms with Crippen LogP contribution >= 0.6 is 0 Å². The zero-order chi connectivity index (χ0) is 11.0. The maximum absolute atomic E-state index is 11.2. The van der Waals surface area contributed by atoms with Crippen LogP contribution in [0.15, 0.2) is 0 Å². The van der Waals surface area contributed by atoms with E-state index < -0.39 is 0 Å². The minimum atomic E-state index is -0.0284. The van der Waals surface area contributed by atoms with Crippen molar-refractivity contribution in [1.82, 2.24) is 10.2 Å². The van der Waals surface area contributed by atoms with Crippen LogP contribution in [0.1, 0.15) is 26.7 Å². The minimum Gasteiger partial charge on any atom is -0.355 e. The van der Waals surface area contributed by atoms with Gasteiger partial charge in [-0.25, -0.2) is 0 Å². The van der Waals surface area contributed by atoms with Crippen molar-refractivity contribution >= 4 is 11.7 Å². The monoisotopic (exact) mass is 200 g/mol. The summed E-state index contributed by atoms with van der Waals surface area (Å²) in [6, 6.07) is 0. The number of carbonyl (C=O) groups is 2. The van der Waals surface area contributed by atoms with Gasteiger partial charge in [-0.1, -0.05) is 6.92 Å². The molecule has 0 fully saturated rings. The summed E-state index contributed by atoms with van der Waals surface area (Å²) >= 11 is 0. The molecule has 0 radical (unpaired) electrons. The average Bonchev–Trinajstić information content (AvgIpc) is 2.03. The van der Waals surface area contributed by atoms with Gasteiger partial charge in [0, 0.05) is 13.0 Å². The quantitative estimate of drug-likeness (QED) is 0.648. The molecule has 0 heterocycles. The summed E-state index contributed by atoms with van der Waals surface area (Å²) in [5, 5.41) is 2.69. The van der Waals surface area contributed by atoms with E-state index in [9.17, 15) is 9.59 Å². The second kappa shape index (κ2) is 7.50. The highest BCUT2D eigenvalue weighted by Crippen LogP contribution is 1.91. The minimum absolute atomic E-state index is 0.0284. The van der Waals surface area contributed by atoms with Gasteiger partial charge in [0.2, 0.25) is 5.91 Å². The molecular formula is C10H20N2O2. The van der Waals surface area contributed by atoms with Gasteiger partial charge in [0.1, 0.15) is 5.78 Å². The number of nitrogens with one attached hydrogen (secondary N) is 1. The van der Waals surface area contributed by atoms with Crippen LogP contribution in [-0.4, -0.2) is 43.3 Å². The molecule has 1 amide bonds. The Balaban J connectivity index is 3.68. The van der Waals surface area contributed by atoms with Crippen LogP contribution in [0.2, 0.25) is 0 Å². The lowest BCUT2D eigenvalue weighted by Crippen LogP contribution is -2.37. The van der Waals surface area contributed by atoms with E-state index in [0.717, 1.165) is 6.42 Å². The van der Waals surface area contributed by atoms with E-state index in [1.54, 1.807) is 11.9 Å². The SMILES string of the molecule is CCCC(=O)CN(C)CC(=O)NCC. The molecule has 1 N–H and O–H groups in total. The molecule has 0 aliphatic rings. The standard InChI is InChI=1S/C10H20N2O2/c1-4-6-9(13)7-12(3)8-10(14)11-5-2/h4-8H2,1-3H3,(H,11,14). The van der Waals surface area contributed by atoms with Crippen LogP contribution in [0.4, 0.5) is 0 Å². The first-order chi connectivity index (χ1) is 6.60. The normalized spacial score (nSPS) is 10.3. The highest BCUT2D eigenvalue weighted by molar-refractivity contribution is 5.82. The Labute approximate surface area is 85.7 Å². The zero-order valence-corrected chi connectivity index (χ0v) is 9.30. The van der Waals surface area contributed by atoms with Gasteiger partial charge in [0.15, 0.2) is 0 Å². The molecule has 0 saturated carbocycles. The largest absolute Gasteiger partial charge is 0.355 e. The summed E-state index contributed by atoms with van der Waals surface area (Å²) in [4.78, 5) is 24.1. The Morgan fingerprint density at radius 3 is 2.36 bits per heavy atom. The van der Waals surface area contributed by atoms with E-state index in [1.807, 2.05) is 13.8 Å². The third-order valence-corrected chi connectivity index (χ3v) is 1.76. The molecule has 0 aromatic rings. The molecule has 0 spiro atoms. The van der Waals surface area contributed by atoms with Crippen LogP contribution in [0.5, 0.6) is 0 Å². The van der Waals surface area contributed by atoms with Crippen molar-refractivity contribution in [3.63, 3.8) is 0 Å².